The highest BCUT2D eigenvalue weighted by molar-refractivity contribution is 7.99. The first-order valence-electron chi connectivity index (χ1n) is 6.84. The lowest BCUT2D eigenvalue weighted by atomic mass is 10.3. The van der Waals surface area contributed by atoms with Crippen molar-refractivity contribution in [1.82, 2.24) is 10.4 Å². The van der Waals surface area contributed by atoms with E-state index in [-0.39, 0.29) is 31.2 Å². The molecule has 0 aromatic carbocycles. The van der Waals surface area contributed by atoms with Gasteiger partial charge in [0, 0.05) is 36.8 Å². The fourth-order valence-corrected chi connectivity index (χ4v) is 2.47. The van der Waals surface area contributed by atoms with E-state index < -0.39 is 17.8 Å². The van der Waals surface area contributed by atoms with Gasteiger partial charge in [-0.3, -0.25) is 14.4 Å². The molecule has 0 atom stereocenters. The van der Waals surface area contributed by atoms with E-state index in [0.29, 0.717) is 23.0 Å². The van der Waals surface area contributed by atoms with Gasteiger partial charge >= 0.3 is 5.97 Å². The number of amides is 3. The molecule has 3 amide bonds. The molecule has 7 nitrogen and oxygen atoms in total. The number of hydroxylamine groups is 2. The van der Waals surface area contributed by atoms with Crippen LogP contribution < -0.4 is 5.32 Å². The molecule has 118 valence electrons. The standard InChI is InChI=1S/C13H20N2O5S/c1-9(2)14-10(16)5-7-21-8-6-13(19)20-15-11(17)3-4-12(15)18/h9H,3-8H2,1-2H3,(H,14,16). The molecule has 0 spiro atoms. The van der Waals surface area contributed by atoms with Crippen LogP contribution in [0.2, 0.25) is 0 Å². The molecular formula is C13H20N2O5S. The largest absolute Gasteiger partial charge is 0.354 e. The van der Waals surface area contributed by atoms with Gasteiger partial charge in [-0.25, -0.2) is 4.79 Å². The Labute approximate surface area is 127 Å². The Bertz CT molecular complexity index is 409. The maximum absolute atomic E-state index is 11.5. The second-order valence-corrected chi connectivity index (χ2v) is 6.10. The predicted molar refractivity (Wildman–Crippen MR) is 77.0 cm³/mol. The normalized spacial score (nSPS) is 14.7. The summed E-state index contributed by atoms with van der Waals surface area (Å²) in [7, 11) is 0. The van der Waals surface area contributed by atoms with Crippen molar-refractivity contribution in [2.45, 2.75) is 45.6 Å². The number of rotatable bonds is 8. The number of carbonyl (C=O) groups is 4. The zero-order valence-corrected chi connectivity index (χ0v) is 13.0. The number of nitrogens with one attached hydrogen (secondary N) is 1. The molecular weight excluding hydrogens is 296 g/mol. The van der Waals surface area contributed by atoms with E-state index in [1.54, 1.807) is 0 Å². The van der Waals surface area contributed by atoms with Crippen molar-refractivity contribution in [2.75, 3.05) is 11.5 Å². The third-order valence-corrected chi connectivity index (χ3v) is 3.56. The van der Waals surface area contributed by atoms with Crippen molar-refractivity contribution >= 4 is 35.5 Å². The molecule has 0 bridgehead atoms. The highest BCUT2D eigenvalue weighted by atomic mass is 32.2. The quantitative estimate of drug-likeness (QED) is 0.521. The average Bonchev–Trinajstić information content (AvgIpc) is 2.69. The van der Waals surface area contributed by atoms with Gasteiger partial charge in [-0.05, 0) is 13.8 Å². The molecule has 1 saturated heterocycles. The monoisotopic (exact) mass is 316 g/mol. The van der Waals surface area contributed by atoms with Gasteiger partial charge in [0.2, 0.25) is 5.91 Å². The summed E-state index contributed by atoms with van der Waals surface area (Å²) in [6.45, 7) is 3.78. The number of hydrogen-bond acceptors (Lipinski definition) is 6. The molecule has 1 fully saturated rings. The van der Waals surface area contributed by atoms with Crippen LogP contribution in [0.5, 0.6) is 0 Å². The predicted octanol–water partition coefficient (Wildman–Crippen LogP) is 0.632. The molecule has 1 N–H and O–H groups in total. The summed E-state index contributed by atoms with van der Waals surface area (Å²) in [5.74, 6) is -0.513. The van der Waals surface area contributed by atoms with Gasteiger partial charge in [0.05, 0.1) is 6.42 Å². The Morgan fingerprint density at radius 2 is 1.76 bits per heavy atom. The van der Waals surface area contributed by atoms with Crippen LogP contribution in [0.25, 0.3) is 0 Å². The topological polar surface area (TPSA) is 92.8 Å². The molecule has 21 heavy (non-hydrogen) atoms. The molecule has 0 unspecified atom stereocenters. The van der Waals surface area contributed by atoms with Crippen molar-refractivity contribution < 1.29 is 24.0 Å². The Balaban J connectivity index is 2.10. The third kappa shape index (κ3) is 6.61. The number of nitrogens with zero attached hydrogens (tertiary/aromatic N) is 1. The Morgan fingerprint density at radius 1 is 1.19 bits per heavy atom. The summed E-state index contributed by atoms with van der Waals surface area (Å²) in [6, 6.07) is 0.119. The molecule has 1 aliphatic rings. The summed E-state index contributed by atoms with van der Waals surface area (Å²) in [5.41, 5.74) is 0. The summed E-state index contributed by atoms with van der Waals surface area (Å²) in [6.07, 6.45) is 0.659. The van der Waals surface area contributed by atoms with Crippen LogP contribution in [0.1, 0.15) is 39.5 Å². The van der Waals surface area contributed by atoms with E-state index in [2.05, 4.69) is 5.32 Å². The van der Waals surface area contributed by atoms with Gasteiger partial charge in [0.1, 0.15) is 0 Å². The van der Waals surface area contributed by atoms with Crippen molar-refractivity contribution in [3.05, 3.63) is 0 Å². The molecule has 0 aromatic rings. The zero-order chi connectivity index (χ0) is 15.8. The average molecular weight is 316 g/mol. The smallest absolute Gasteiger partial charge is 0.334 e. The third-order valence-electron chi connectivity index (χ3n) is 2.57. The molecule has 0 saturated carbocycles. The molecule has 0 aliphatic carbocycles. The molecule has 1 aliphatic heterocycles. The Morgan fingerprint density at radius 3 is 2.33 bits per heavy atom. The molecule has 8 heteroatoms. The fourth-order valence-electron chi connectivity index (χ4n) is 1.62. The van der Waals surface area contributed by atoms with E-state index in [1.807, 2.05) is 13.8 Å². The van der Waals surface area contributed by atoms with E-state index in [0.717, 1.165) is 0 Å². The minimum absolute atomic E-state index is 0.0201. The maximum atomic E-state index is 11.5. The second kappa shape index (κ2) is 8.66. The van der Waals surface area contributed by atoms with Crippen LogP contribution in [-0.4, -0.2) is 46.3 Å². The van der Waals surface area contributed by atoms with Crippen LogP contribution in [0, 0.1) is 0 Å². The first-order chi connectivity index (χ1) is 9.90. The number of carbonyl (C=O) groups excluding carboxylic acids is 4. The lowest BCUT2D eigenvalue weighted by molar-refractivity contribution is -0.197. The van der Waals surface area contributed by atoms with Crippen LogP contribution >= 0.6 is 11.8 Å². The van der Waals surface area contributed by atoms with Gasteiger partial charge < -0.3 is 10.2 Å². The van der Waals surface area contributed by atoms with Crippen LogP contribution in [-0.2, 0) is 24.0 Å². The highest BCUT2D eigenvalue weighted by Gasteiger charge is 2.32. The van der Waals surface area contributed by atoms with Gasteiger partial charge in [0.15, 0.2) is 0 Å². The zero-order valence-electron chi connectivity index (χ0n) is 12.2. The summed E-state index contributed by atoms with van der Waals surface area (Å²) in [4.78, 5) is 50.0. The first kappa shape index (κ1) is 17.5. The molecule has 1 rings (SSSR count). The molecule has 0 radical (unpaired) electrons. The van der Waals surface area contributed by atoms with Gasteiger partial charge in [-0.15, -0.1) is 5.06 Å². The van der Waals surface area contributed by atoms with E-state index >= 15 is 0 Å². The van der Waals surface area contributed by atoms with E-state index in [4.69, 9.17) is 4.84 Å². The van der Waals surface area contributed by atoms with Crippen molar-refractivity contribution in [3.8, 4) is 0 Å². The lowest BCUT2D eigenvalue weighted by Crippen LogP contribution is -2.32. The van der Waals surface area contributed by atoms with E-state index in [1.165, 1.54) is 11.8 Å². The van der Waals surface area contributed by atoms with Gasteiger partial charge in [-0.1, -0.05) is 0 Å². The SMILES string of the molecule is CC(C)NC(=O)CCSCCC(=O)ON1C(=O)CCC1=O. The second-order valence-electron chi connectivity index (χ2n) is 4.88. The van der Waals surface area contributed by atoms with Crippen molar-refractivity contribution in [2.24, 2.45) is 0 Å². The summed E-state index contributed by atoms with van der Waals surface area (Å²) >= 11 is 1.45. The van der Waals surface area contributed by atoms with E-state index in [9.17, 15) is 19.2 Å². The summed E-state index contributed by atoms with van der Waals surface area (Å²) < 4.78 is 0. The van der Waals surface area contributed by atoms with Crippen LogP contribution in [0.3, 0.4) is 0 Å². The number of imide groups is 1. The lowest BCUT2D eigenvalue weighted by Gasteiger charge is -2.12. The summed E-state index contributed by atoms with van der Waals surface area (Å²) in [5, 5.41) is 3.32. The maximum Gasteiger partial charge on any atom is 0.334 e. The Hall–Kier alpha value is -1.57. The number of thioether (sulfide) groups is 1. The fraction of sp³-hybridized carbons (Fsp3) is 0.692. The minimum atomic E-state index is -0.613. The van der Waals surface area contributed by atoms with Gasteiger partial charge in [-0.2, -0.15) is 11.8 Å². The highest BCUT2D eigenvalue weighted by Crippen LogP contribution is 2.13. The molecule has 1 heterocycles. The van der Waals surface area contributed by atoms with Crippen LogP contribution in [0.4, 0.5) is 0 Å². The first-order valence-corrected chi connectivity index (χ1v) is 7.99. The van der Waals surface area contributed by atoms with Crippen molar-refractivity contribution in [3.63, 3.8) is 0 Å². The number of hydrogen-bond donors (Lipinski definition) is 1. The van der Waals surface area contributed by atoms with Crippen LogP contribution in [0.15, 0.2) is 0 Å². The molecule has 0 aromatic heterocycles. The van der Waals surface area contributed by atoms with Crippen molar-refractivity contribution in [1.29, 1.82) is 0 Å². The Kier molecular flexibility index (Phi) is 7.21. The van der Waals surface area contributed by atoms with Gasteiger partial charge in [0.25, 0.3) is 11.8 Å². The minimum Gasteiger partial charge on any atom is -0.354 e.